The second kappa shape index (κ2) is 4.69. The minimum absolute atomic E-state index is 0.369. The fourth-order valence-corrected chi connectivity index (χ4v) is 2.44. The van der Waals surface area contributed by atoms with Crippen LogP contribution in [0.15, 0.2) is 24.3 Å². The highest BCUT2D eigenvalue weighted by molar-refractivity contribution is 5.37. The van der Waals surface area contributed by atoms with Gasteiger partial charge in [0, 0.05) is 0 Å². The summed E-state index contributed by atoms with van der Waals surface area (Å²) >= 11 is 0. The number of ether oxygens (including phenoxy) is 1. The maximum absolute atomic E-state index is 5.93. The normalized spacial score (nSPS) is 25.2. The number of benzene rings is 1. The van der Waals surface area contributed by atoms with E-state index in [9.17, 15) is 0 Å². The average molecular weight is 204 g/mol. The molecule has 0 saturated carbocycles. The summed E-state index contributed by atoms with van der Waals surface area (Å²) < 4.78 is 5.93. The van der Waals surface area contributed by atoms with Crippen molar-refractivity contribution in [2.45, 2.75) is 51.6 Å². The highest BCUT2D eigenvalue weighted by Gasteiger charge is 2.21. The van der Waals surface area contributed by atoms with Gasteiger partial charge in [0.15, 0.2) is 0 Å². The molecule has 0 aliphatic carbocycles. The van der Waals surface area contributed by atoms with E-state index in [0.29, 0.717) is 12.0 Å². The van der Waals surface area contributed by atoms with E-state index >= 15 is 0 Å². The van der Waals surface area contributed by atoms with Crippen LogP contribution in [0.4, 0.5) is 0 Å². The zero-order valence-electron chi connectivity index (χ0n) is 9.70. The van der Waals surface area contributed by atoms with Crippen molar-refractivity contribution in [2.75, 3.05) is 0 Å². The van der Waals surface area contributed by atoms with Crippen molar-refractivity contribution in [1.29, 1.82) is 0 Å². The number of para-hydroxylation sites is 1. The molecule has 0 spiro atoms. The van der Waals surface area contributed by atoms with Crippen LogP contribution in [0.5, 0.6) is 5.75 Å². The molecule has 0 saturated heterocycles. The van der Waals surface area contributed by atoms with E-state index < -0.39 is 0 Å². The highest BCUT2D eigenvalue weighted by Crippen LogP contribution is 2.37. The third-order valence-electron chi connectivity index (χ3n) is 3.25. The first-order valence-electron chi connectivity index (χ1n) is 6.07. The van der Waals surface area contributed by atoms with E-state index in [1.807, 2.05) is 0 Å². The Morgan fingerprint density at radius 2 is 2.07 bits per heavy atom. The molecule has 0 bridgehead atoms. The van der Waals surface area contributed by atoms with Crippen LogP contribution in [0.1, 0.15) is 51.0 Å². The molecule has 0 N–H and O–H groups in total. The molecule has 1 aromatic carbocycles. The lowest BCUT2D eigenvalue weighted by atomic mass is 9.90. The molecule has 0 amide bonds. The van der Waals surface area contributed by atoms with Gasteiger partial charge in [-0.2, -0.15) is 0 Å². The topological polar surface area (TPSA) is 9.23 Å². The molecule has 1 heterocycles. The number of hydrogen-bond acceptors (Lipinski definition) is 1. The van der Waals surface area contributed by atoms with Gasteiger partial charge in [-0.25, -0.2) is 0 Å². The second-order valence-electron chi connectivity index (χ2n) is 4.53. The fourth-order valence-electron chi connectivity index (χ4n) is 2.44. The van der Waals surface area contributed by atoms with E-state index in [4.69, 9.17) is 4.74 Å². The molecule has 0 fully saturated rings. The lowest BCUT2D eigenvalue weighted by Crippen LogP contribution is -2.09. The summed E-state index contributed by atoms with van der Waals surface area (Å²) in [5.74, 6) is 1.82. The van der Waals surface area contributed by atoms with Gasteiger partial charge in [0.05, 0.1) is 6.10 Å². The molecule has 2 rings (SSSR count). The molecule has 1 nitrogen and oxygen atoms in total. The molecule has 0 aromatic heterocycles. The lowest BCUT2D eigenvalue weighted by Gasteiger charge is -2.15. The molecule has 1 aliphatic rings. The summed E-state index contributed by atoms with van der Waals surface area (Å²) in [6.45, 7) is 4.43. The monoisotopic (exact) mass is 204 g/mol. The number of hydrogen-bond donors (Lipinski definition) is 0. The van der Waals surface area contributed by atoms with Crippen LogP contribution in [-0.2, 0) is 0 Å². The summed E-state index contributed by atoms with van der Waals surface area (Å²) in [6.07, 6.45) is 5.36. The molecule has 1 heteroatoms. The predicted octanol–water partition coefficient (Wildman–Crippen LogP) is 4.13. The second-order valence-corrected chi connectivity index (χ2v) is 4.53. The summed E-state index contributed by atoms with van der Waals surface area (Å²) in [7, 11) is 0. The quantitative estimate of drug-likeness (QED) is 0.703. The van der Waals surface area contributed by atoms with Gasteiger partial charge >= 0.3 is 0 Å². The Hall–Kier alpha value is -0.980. The Labute approximate surface area is 92.5 Å². The van der Waals surface area contributed by atoms with Crippen LogP contribution in [0.2, 0.25) is 0 Å². The van der Waals surface area contributed by atoms with Crippen LogP contribution < -0.4 is 4.74 Å². The molecule has 0 radical (unpaired) electrons. The fraction of sp³-hybridized carbons (Fsp3) is 0.571. The molecule has 15 heavy (non-hydrogen) atoms. The van der Waals surface area contributed by atoms with Crippen LogP contribution in [-0.4, -0.2) is 6.10 Å². The SMILES string of the molecule is CCCC1CCC(C)Oc2ccccc21. The summed E-state index contributed by atoms with van der Waals surface area (Å²) in [5, 5.41) is 0. The molecular weight excluding hydrogens is 184 g/mol. The van der Waals surface area contributed by atoms with Gasteiger partial charge in [0.25, 0.3) is 0 Å². The van der Waals surface area contributed by atoms with Crippen molar-refractivity contribution in [3.63, 3.8) is 0 Å². The van der Waals surface area contributed by atoms with Gasteiger partial charge in [-0.05, 0) is 43.7 Å². The largest absolute Gasteiger partial charge is 0.490 e. The minimum atomic E-state index is 0.369. The summed E-state index contributed by atoms with van der Waals surface area (Å²) in [6, 6.07) is 8.54. The number of fused-ring (bicyclic) bond motifs is 1. The third-order valence-corrected chi connectivity index (χ3v) is 3.25. The molecular formula is C14H20O. The Kier molecular flexibility index (Phi) is 3.30. The molecule has 2 unspecified atom stereocenters. The Balaban J connectivity index is 2.29. The molecule has 82 valence electrons. The van der Waals surface area contributed by atoms with Crippen molar-refractivity contribution in [2.24, 2.45) is 0 Å². The van der Waals surface area contributed by atoms with E-state index in [0.717, 1.165) is 5.75 Å². The maximum Gasteiger partial charge on any atom is 0.123 e. The Bertz CT molecular complexity index is 319. The van der Waals surface area contributed by atoms with Crippen LogP contribution in [0.25, 0.3) is 0 Å². The zero-order chi connectivity index (χ0) is 10.7. The van der Waals surface area contributed by atoms with Crippen LogP contribution >= 0.6 is 0 Å². The van der Waals surface area contributed by atoms with Crippen molar-refractivity contribution in [1.82, 2.24) is 0 Å². The first-order valence-corrected chi connectivity index (χ1v) is 6.07. The van der Waals surface area contributed by atoms with E-state index in [1.165, 1.54) is 31.2 Å². The van der Waals surface area contributed by atoms with Crippen molar-refractivity contribution >= 4 is 0 Å². The molecule has 1 aliphatic heterocycles. The molecule has 1 aromatic rings. The minimum Gasteiger partial charge on any atom is -0.490 e. The van der Waals surface area contributed by atoms with Crippen LogP contribution in [0.3, 0.4) is 0 Å². The molecule has 2 atom stereocenters. The Morgan fingerprint density at radius 1 is 1.27 bits per heavy atom. The van der Waals surface area contributed by atoms with Crippen molar-refractivity contribution in [3.05, 3.63) is 29.8 Å². The Morgan fingerprint density at radius 3 is 2.87 bits per heavy atom. The summed E-state index contributed by atoms with van der Waals surface area (Å²) in [4.78, 5) is 0. The first-order chi connectivity index (χ1) is 7.31. The average Bonchev–Trinajstić information content (AvgIpc) is 2.39. The van der Waals surface area contributed by atoms with Crippen molar-refractivity contribution < 1.29 is 4.74 Å². The van der Waals surface area contributed by atoms with Crippen molar-refractivity contribution in [3.8, 4) is 5.75 Å². The standard InChI is InChI=1S/C14H20O/c1-3-6-12-10-9-11(2)15-14-8-5-4-7-13(12)14/h4-5,7-8,11-12H,3,6,9-10H2,1-2H3. The van der Waals surface area contributed by atoms with E-state index in [-0.39, 0.29) is 0 Å². The zero-order valence-corrected chi connectivity index (χ0v) is 9.70. The maximum atomic E-state index is 5.93. The van der Waals surface area contributed by atoms with E-state index in [1.54, 1.807) is 0 Å². The smallest absolute Gasteiger partial charge is 0.123 e. The van der Waals surface area contributed by atoms with Gasteiger partial charge in [-0.1, -0.05) is 31.5 Å². The number of rotatable bonds is 2. The van der Waals surface area contributed by atoms with E-state index in [2.05, 4.69) is 38.1 Å². The van der Waals surface area contributed by atoms with Gasteiger partial charge < -0.3 is 4.74 Å². The summed E-state index contributed by atoms with van der Waals surface area (Å²) in [5.41, 5.74) is 1.42. The lowest BCUT2D eigenvalue weighted by molar-refractivity contribution is 0.215. The van der Waals surface area contributed by atoms with Crippen LogP contribution in [0, 0.1) is 0 Å². The van der Waals surface area contributed by atoms with Gasteiger partial charge in [-0.3, -0.25) is 0 Å². The van der Waals surface area contributed by atoms with Gasteiger partial charge in [-0.15, -0.1) is 0 Å². The highest BCUT2D eigenvalue weighted by atomic mass is 16.5. The third kappa shape index (κ3) is 2.34. The predicted molar refractivity (Wildman–Crippen MR) is 63.4 cm³/mol. The van der Waals surface area contributed by atoms with Gasteiger partial charge in [0.2, 0.25) is 0 Å². The first kappa shape index (κ1) is 10.5. The van der Waals surface area contributed by atoms with Gasteiger partial charge in [0.1, 0.15) is 5.75 Å².